The van der Waals surface area contributed by atoms with Gasteiger partial charge in [-0.25, -0.2) is 0 Å². The Morgan fingerprint density at radius 1 is 1.40 bits per heavy atom. The summed E-state index contributed by atoms with van der Waals surface area (Å²) in [5.41, 5.74) is 0.697. The lowest BCUT2D eigenvalue weighted by molar-refractivity contribution is -0.384. The average Bonchev–Trinajstić information content (AvgIpc) is 2.46. The van der Waals surface area contributed by atoms with Crippen LogP contribution in [0.1, 0.15) is 18.4 Å². The second-order valence-electron chi connectivity index (χ2n) is 4.72. The van der Waals surface area contributed by atoms with Crippen LogP contribution in [-0.2, 0) is 16.1 Å². The molecule has 1 fully saturated rings. The summed E-state index contributed by atoms with van der Waals surface area (Å²) in [6, 6.07) is 5.47. The second kappa shape index (κ2) is 6.44. The van der Waals surface area contributed by atoms with Crippen molar-refractivity contribution in [3.05, 3.63) is 39.9 Å². The van der Waals surface area contributed by atoms with Crippen LogP contribution in [0.2, 0.25) is 0 Å². The lowest BCUT2D eigenvalue weighted by Crippen LogP contribution is -2.46. The second-order valence-corrected chi connectivity index (χ2v) is 4.72. The van der Waals surface area contributed by atoms with Gasteiger partial charge in [-0.1, -0.05) is 0 Å². The highest BCUT2D eigenvalue weighted by molar-refractivity contribution is 5.75. The third kappa shape index (κ3) is 3.75. The first kappa shape index (κ1) is 14.4. The number of nitrogens with one attached hydrogen (secondary N) is 1. The Morgan fingerprint density at radius 2 is 2.10 bits per heavy atom. The SMILES string of the molecule is O=C(OCc1ccc([N+](=O)[O-])cc1)[C@H]1CC[C@H](O)CN1. The van der Waals surface area contributed by atoms with Crippen molar-refractivity contribution in [2.24, 2.45) is 0 Å². The maximum atomic E-state index is 11.8. The van der Waals surface area contributed by atoms with E-state index in [2.05, 4.69) is 5.32 Å². The van der Waals surface area contributed by atoms with Gasteiger partial charge in [-0.15, -0.1) is 0 Å². The van der Waals surface area contributed by atoms with Crippen molar-refractivity contribution in [2.45, 2.75) is 31.6 Å². The van der Waals surface area contributed by atoms with Crippen LogP contribution in [0.15, 0.2) is 24.3 Å². The number of non-ortho nitro benzene ring substituents is 1. The van der Waals surface area contributed by atoms with Crippen LogP contribution in [0.5, 0.6) is 0 Å². The monoisotopic (exact) mass is 280 g/mol. The van der Waals surface area contributed by atoms with Crippen molar-refractivity contribution in [3.63, 3.8) is 0 Å². The van der Waals surface area contributed by atoms with Crippen molar-refractivity contribution in [3.8, 4) is 0 Å². The van der Waals surface area contributed by atoms with Gasteiger partial charge in [-0.05, 0) is 30.5 Å². The van der Waals surface area contributed by atoms with E-state index in [-0.39, 0.29) is 18.3 Å². The number of hydrogen-bond acceptors (Lipinski definition) is 6. The summed E-state index contributed by atoms with van der Waals surface area (Å²) in [6.07, 6.45) is 0.707. The minimum absolute atomic E-state index is 0.00279. The molecule has 20 heavy (non-hydrogen) atoms. The summed E-state index contributed by atoms with van der Waals surface area (Å²) in [4.78, 5) is 21.8. The van der Waals surface area contributed by atoms with Crippen LogP contribution >= 0.6 is 0 Å². The van der Waals surface area contributed by atoms with Crippen LogP contribution in [-0.4, -0.2) is 34.7 Å². The zero-order chi connectivity index (χ0) is 14.5. The van der Waals surface area contributed by atoms with E-state index in [9.17, 15) is 20.0 Å². The minimum Gasteiger partial charge on any atom is -0.460 e. The predicted octanol–water partition coefficient (Wildman–Crippen LogP) is 0.751. The van der Waals surface area contributed by atoms with E-state index < -0.39 is 17.1 Å². The van der Waals surface area contributed by atoms with E-state index in [0.29, 0.717) is 24.9 Å². The van der Waals surface area contributed by atoms with Crippen molar-refractivity contribution < 1.29 is 19.6 Å². The Labute approximate surface area is 115 Å². The molecular weight excluding hydrogens is 264 g/mol. The lowest BCUT2D eigenvalue weighted by Gasteiger charge is -2.25. The van der Waals surface area contributed by atoms with Gasteiger partial charge < -0.3 is 15.2 Å². The molecule has 0 radical (unpaired) electrons. The molecule has 0 aromatic heterocycles. The molecule has 108 valence electrons. The third-order valence-electron chi connectivity index (χ3n) is 3.20. The van der Waals surface area contributed by atoms with Crippen molar-refractivity contribution >= 4 is 11.7 Å². The Kier molecular flexibility index (Phi) is 4.65. The van der Waals surface area contributed by atoms with Crippen LogP contribution in [0, 0.1) is 10.1 Å². The molecule has 1 heterocycles. The molecule has 2 N–H and O–H groups in total. The Morgan fingerprint density at radius 3 is 2.65 bits per heavy atom. The Balaban J connectivity index is 1.82. The van der Waals surface area contributed by atoms with Crippen molar-refractivity contribution in [2.75, 3.05) is 6.54 Å². The fourth-order valence-corrected chi connectivity index (χ4v) is 2.01. The summed E-state index contributed by atoms with van der Waals surface area (Å²) in [7, 11) is 0. The Bertz CT molecular complexity index is 480. The number of aliphatic hydroxyl groups excluding tert-OH is 1. The first-order chi connectivity index (χ1) is 9.56. The molecule has 0 aliphatic carbocycles. The number of ether oxygens (including phenoxy) is 1. The molecule has 0 amide bonds. The topological polar surface area (TPSA) is 102 Å². The molecule has 1 aliphatic heterocycles. The number of piperidine rings is 1. The van der Waals surface area contributed by atoms with Crippen molar-refractivity contribution in [1.82, 2.24) is 5.32 Å². The highest BCUT2D eigenvalue weighted by Crippen LogP contribution is 2.14. The molecule has 1 aliphatic rings. The first-order valence-electron chi connectivity index (χ1n) is 6.37. The van der Waals surface area contributed by atoms with Gasteiger partial charge in [0.15, 0.2) is 0 Å². The van der Waals surface area contributed by atoms with Crippen LogP contribution in [0.25, 0.3) is 0 Å². The van der Waals surface area contributed by atoms with Gasteiger partial charge in [-0.2, -0.15) is 0 Å². The number of hydrogen-bond donors (Lipinski definition) is 2. The summed E-state index contributed by atoms with van der Waals surface area (Å²) in [6.45, 7) is 0.467. The molecule has 0 spiro atoms. The smallest absolute Gasteiger partial charge is 0.323 e. The minimum atomic E-state index is -0.479. The number of nitrogens with zero attached hydrogens (tertiary/aromatic N) is 1. The normalized spacial score (nSPS) is 22.2. The molecular formula is C13H16N2O5. The molecule has 0 saturated carbocycles. The molecule has 2 rings (SSSR count). The van der Waals surface area contributed by atoms with Gasteiger partial charge in [0, 0.05) is 18.7 Å². The standard InChI is InChI=1S/C13H16N2O5/c16-11-5-6-12(14-7-11)13(17)20-8-9-1-3-10(4-2-9)15(18)19/h1-4,11-12,14,16H,5-8H2/t11-,12+/m0/s1. The van der Waals surface area contributed by atoms with E-state index >= 15 is 0 Å². The highest BCUT2D eigenvalue weighted by atomic mass is 16.6. The van der Waals surface area contributed by atoms with Gasteiger partial charge in [0.1, 0.15) is 12.6 Å². The molecule has 7 heteroatoms. The van der Waals surface area contributed by atoms with Crippen molar-refractivity contribution in [1.29, 1.82) is 0 Å². The fourth-order valence-electron chi connectivity index (χ4n) is 2.01. The van der Waals surface area contributed by atoms with Gasteiger partial charge in [0.05, 0.1) is 11.0 Å². The Hall–Kier alpha value is -1.99. The summed E-state index contributed by atoms with van der Waals surface area (Å²) >= 11 is 0. The van der Waals surface area contributed by atoms with Gasteiger partial charge >= 0.3 is 5.97 Å². The van der Waals surface area contributed by atoms with Gasteiger partial charge in [0.25, 0.3) is 5.69 Å². The van der Waals surface area contributed by atoms with Crippen LogP contribution in [0.3, 0.4) is 0 Å². The van der Waals surface area contributed by atoms with Crippen LogP contribution in [0.4, 0.5) is 5.69 Å². The largest absolute Gasteiger partial charge is 0.460 e. The number of nitro groups is 1. The van der Waals surface area contributed by atoms with E-state index in [0.717, 1.165) is 0 Å². The number of β-amino-alcohol motifs (C(OH)–C–C–N with tert-alkyl or cyclic N) is 1. The number of benzene rings is 1. The average molecular weight is 280 g/mol. The maximum absolute atomic E-state index is 11.8. The number of carbonyl (C=O) groups is 1. The number of carbonyl (C=O) groups excluding carboxylic acids is 1. The van der Waals surface area contributed by atoms with Crippen LogP contribution < -0.4 is 5.32 Å². The molecule has 1 saturated heterocycles. The highest BCUT2D eigenvalue weighted by Gasteiger charge is 2.25. The number of rotatable bonds is 4. The van der Waals surface area contributed by atoms with E-state index in [4.69, 9.17) is 4.74 Å². The molecule has 1 aromatic carbocycles. The number of nitro benzene ring substituents is 1. The quantitative estimate of drug-likeness (QED) is 0.479. The third-order valence-corrected chi connectivity index (χ3v) is 3.20. The number of esters is 1. The number of aliphatic hydroxyl groups is 1. The van der Waals surface area contributed by atoms with E-state index in [1.807, 2.05) is 0 Å². The molecule has 1 aromatic rings. The molecule has 7 nitrogen and oxygen atoms in total. The zero-order valence-corrected chi connectivity index (χ0v) is 10.8. The zero-order valence-electron chi connectivity index (χ0n) is 10.8. The maximum Gasteiger partial charge on any atom is 0.323 e. The molecule has 2 atom stereocenters. The summed E-state index contributed by atoms with van der Waals surface area (Å²) < 4.78 is 5.15. The van der Waals surface area contributed by atoms with E-state index in [1.165, 1.54) is 12.1 Å². The van der Waals surface area contributed by atoms with Gasteiger partial charge in [-0.3, -0.25) is 14.9 Å². The summed E-state index contributed by atoms with van der Waals surface area (Å²) in [5, 5.41) is 22.7. The fraction of sp³-hybridized carbons (Fsp3) is 0.462. The molecule has 0 unspecified atom stereocenters. The molecule has 0 bridgehead atoms. The first-order valence-corrected chi connectivity index (χ1v) is 6.37. The van der Waals surface area contributed by atoms with Gasteiger partial charge in [0.2, 0.25) is 0 Å². The van der Waals surface area contributed by atoms with E-state index in [1.54, 1.807) is 12.1 Å². The summed E-state index contributed by atoms with van der Waals surface area (Å²) in [5.74, 6) is -0.366. The lowest BCUT2D eigenvalue weighted by atomic mass is 10.0. The predicted molar refractivity (Wildman–Crippen MR) is 69.9 cm³/mol.